The van der Waals surface area contributed by atoms with Gasteiger partial charge >= 0.3 is 0 Å². The lowest BCUT2D eigenvalue weighted by Gasteiger charge is -2.11. The van der Waals surface area contributed by atoms with Crippen LogP contribution in [0.3, 0.4) is 0 Å². The monoisotopic (exact) mass is 214 g/mol. The molecule has 0 saturated heterocycles. The van der Waals surface area contributed by atoms with Gasteiger partial charge < -0.3 is 0 Å². The predicted octanol–water partition coefficient (Wildman–Crippen LogP) is 4.65. The Labute approximate surface area is 88.9 Å². The van der Waals surface area contributed by atoms with Gasteiger partial charge in [-0.15, -0.1) is 0 Å². The third-order valence-electron chi connectivity index (χ3n) is 2.76. The molecule has 1 aromatic rings. The smallest absolute Gasteiger partial charge is 0.0455 e. The van der Waals surface area contributed by atoms with Gasteiger partial charge in [-0.05, 0) is 36.5 Å². The SMILES string of the molecule is Clc1ccc(C2CCCC2)c(Cl)c1. The molecule has 0 amide bonds. The van der Waals surface area contributed by atoms with Gasteiger partial charge in [-0.25, -0.2) is 0 Å². The fourth-order valence-electron chi connectivity index (χ4n) is 2.07. The summed E-state index contributed by atoms with van der Waals surface area (Å²) in [6, 6.07) is 5.85. The van der Waals surface area contributed by atoms with E-state index in [-0.39, 0.29) is 0 Å². The Morgan fingerprint density at radius 2 is 1.77 bits per heavy atom. The molecule has 0 atom stereocenters. The van der Waals surface area contributed by atoms with E-state index in [0.717, 1.165) is 10.0 Å². The van der Waals surface area contributed by atoms with Crippen molar-refractivity contribution in [3.05, 3.63) is 33.8 Å². The predicted molar refractivity (Wildman–Crippen MR) is 57.7 cm³/mol. The summed E-state index contributed by atoms with van der Waals surface area (Å²) in [5.41, 5.74) is 1.28. The van der Waals surface area contributed by atoms with E-state index in [0.29, 0.717) is 5.92 Å². The maximum Gasteiger partial charge on any atom is 0.0455 e. The minimum atomic E-state index is 0.671. The summed E-state index contributed by atoms with van der Waals surface area (Å²) in [5, 5.41) is 1.56. The van der Waals surface area contributed by atoms with Crippen molar-refractivity contribution in [2.45, 2.75) is 31.6 Å². The summed E-state index contributed by atoms with van der Waals surface area (Å²) >= 11 is 12.0. The van der Waals surface area contributed by atoms with Gasteiger partial charge in [-0.1, -0.05) is 42.1 Å². The van der Waals surface area contributed by atoms with Crippen LogP contribution in [0.1, 0.15) is 37.2 Å². The van der Waals surface area contributed by atoms with Crippen LogP contribution in [0.15, 0.2) is 18.2 Å². The molecule has 0 unspecified atom stereocenters. The van der Waals surface area contributed by atoms with Crippen LogP contribution in [-0.2, 0) is 0 Å². The first-order chi connectivity index (χ1) is 6.27. The fraction of sp³-hybridized carbons (Fsp3) is 0.455. The summed E-state index contributed by atoms with van der Waals surface area (Å²) in [5.74, 6) is 0.671. The van der Waals surface area contributed by atoms with Gasteiger partial charge in [0.2, 0.25) is 0 Å². The zero-order chi connectivity index (χ0) is 9.26. The number of rotatable bonds is 1. The maximum atomic E-state index is 6.13. The van der Waals surface area contributed by atoms with Crippen LogP contribution in [-0.4, -0.2) is 0 Å². The minimum absolute atomic E-state index is 0.671. The highest BCUT2D eigenvalue weighted by Crippen LogP contribution is 2.38. The second-order valence-corrected chi connectivity index (χ2v) is 4.49. The van der Waals surface area contributed by atoms with Crippen LogP contribution in [0.25, 0.3) is 0 Å². The largest absolute Gasteiger partial charge is 0.0843 e. The average Bonchev–Trinajstić information content (AvgIpc) is 2.56. The lowest BCUT2D eigenvalue weighted by molar-refractivity contribution is 0.723. The summed E-state index contributed by atoms with van der Waals surface area (Å²) in [7, 11) is 0. The van der Waals surface area contributed by atoms with Gasteiger partial charge in [-0.2, -0.15) is 0 Å². The van der Waals surface area contributed by atoms with E-state index < -0.39 is 0 Å². The standard InChI is InChI=1S/C11H12Cl2/c12-9-5-6-10(11(13)7-9)8-3-1-2-4-8/h5-8H,1-4H2. The van der Waals surface area contributed by atoms with Crippen LogP contribution in [0.4, 0.5) is 0 Å². The van der Waals surface area contributed by atoms with Gasteiger partial charge in [0.25, 0.3) is 0 Å². The molecule has 0 aliphatic heterocycles. The Bertz CT molecular complexity index is 301. The van der Waals surface area contributed by atoms with Crippen LogP contribution in [0, 0.1) is 0 Å². The van der Waals surface area contributed by atoms with Crippen molar-refractivity contribution >= 4 is 23.2 Å². The van der Waals surface area contributed by atoms with Crippen LogP contribution >= 0.6 is 23.2 Å². The van der Waals surface area contributed by atoms with E-state index in [1.54, 1.807) is 0 Å². The van der Waals surface area contributed by atoms with Crippen molar-refractivity contribution < 1.29 is 0 Å². The zero-order valence-electron chi connectivity index (χ0n) is 7.39. The molecule has 1 saturated carbocycles. The topological polar surface area (TPSA) is 0 Å². The molecule has 0 radical (unpaired) electrons. The molecule has 1 aromatic carbocycles. The molecule has 0 spiro atoms. The zero-order valence-corrected chi connectivity index (χ0v) is 8.91. The second-order valence-electron chi connectivity index (χ2n) is 3.65. The van der Waals surface area contributed by atoms with Crippen LogP contribution in [0.5, 0.6) is 0 Å². The molecule has 0 aromatic heterocycles. The van der Waals surface area contributed by atoms with Gasteiger partial charge in [0.15, 0.2) is 0 Å². The number of benzene rings is 1. The van der Waals surface area contributed by atoms with Crippen molar-refractivity contribution in [1.82, 2.24) is 0 Å². The molecule has 13 heavy (non-hydrogen) atoms. The molecular formula is C11H12Cl2. The summed E-state index contributed by atoms with van der Waals surface area (Å²) in [6.07, 6.45) is 5.23. The average molecular weight is 215 g/mol. The summed E-state index contributed by atoms with van der Waals surface area (Å²) in [4.78, 5) is 0. The second kappa shape index (κ2) is 3.89. The molecule has 1 fully saturated rings. The lowest BCUT2D eigenvalue weighted by atomic mass is 9.98. The Morgan fingerprint density at radius 1 is 1.08 bits per heavy atom. The Balaban J connectivity index is 2.29. The van der Waals surface area contributed by atoms with Crippen molar-refractivity contribution in [1.29, 1.82) is 0 Å². The number of hydrogen-bond donors (Lipinski definition) is 0. The van der Waals surface area contributed by atoms with Crippen molar-refractivity contribution in [2.75, 3.05) is 0 Å². The van der Waals surface area contributed by atoms with Crippen molar-refractivity contribution in [3.8, 4) is 0 Å². The minimum Gasteiger partial charge on any atom is -0.0843 e. The first kappa shape index (κ1) is 9.36. The number of hydrogen-bond acceptors (Lipinski definition) is 0. The summed E-state index contributed by atoms with van der Waals surface area (Å²) < 4.78 is 0. The van der Waals surface area contributed by atoms with Gasteiger partial charge in [0.05, 0.1) is 0 Å². The Morgan fingerprint density at radius 3 is 2.38 bits per heavy atom. The third-order valence-corrected chi connectivity index (χ3v) is 3.32. The summed E-state index contributed by atoms with van der Waals surface area (Å²) in [6.45, 7) is 0. The van der Waals surface area contributed by atoms with E-state index in [4.69, 9.17) is 23.2 Å². The van der Waals surface area contributed by atoms with Crippen molar-refractivity contribution in [2.24, 2.45) is 0 Å². The first-order valence-electron chi connectivity index (χ1n) is 4.72. The molecular weight excluding hydrogens is 203 g/mol. The molecule has 1 aliphatic rings. The van der Waals surface area contributed by atoms with Crippen LogP contribution in [0.2, 0.25) is 10.0 Å². The van der Waals surface area contributed by atoms with Gasteiger partial charge in [-0.3, -0.25) is 0 Å². The third kappa shape index (κ3) is 2.00. The van der Waals surface area contributed by atoms with E-state index in [1.165, 1.54) is 31.2 Å². The van der Waals surface area contributed by atoms with E-state index >= 15 is 0 Å². The quantitative estimate of drug-likeness (QED) is 0.639. The maximum absolute atomic E-state index is 6.13. The Kier molecular flexibility index (Phi) is 2.80. The van der Waals surface area contributed by atoms with E-state index in [9.17, 15) is 0 Å². The highest BCUT2D eigenvalue weighted by atomic mass is 35.5. The highest BCUT2D eigenvalue weighted by Gasteiger charge is 2.19. The van der Waals surface area contributed by atoms with Crippen molar-refractivity contribution in [3.63, 3.8) is 0 Å². The molecule has 2 heteroatoms. The van der Waals surface area contributed by atoms with Crippen LogP contribution < -0.4 is 0 Å². The van der Waals surface area contributed by atoms with E-state index in [2.05, 4.69) is 6.07 Å². The van der Waals surface area contributed by atoms with Gasteiger partial charge in [0.1, 0.15) is 0 Å². The Hall–Kier alpha value is -0.200. The molecule has 0 heterocycles. The molecule has 70 valence electrons. The normalized spacial score (nSPS) is 18.0. The fourth-order valence-corrected chi connectivity index (χ4v) is 2.63. The highest BCUT2D eigenvalue weighted by molar-refractivity contribution is 6.35. The number of halogens is 2. The molecule has 0 N–H and O–H groups in total. The lowest BCUT2D eigenvalue weighted by Crippen LogP contribution is -1.92. The molecule has 1 aliphatic carbocycles. The van der Waals surface area contributed by atoms with E-state index in [1.807, 2.05) is 12.1 Å². The molecule has 2 rings (SSSR count). The first-order valence-corrected chi connectivity index (χ1v) is 5.48. The molecule has 0 nitrogen and oxygen atoms in total. The van der Waals surface area contributed by atoms with Gasteiger partial charge in [0, 0.05) is 10.0 Å². The molecule has 0 bridgehead atoms.